The van der Waals surface area contributed by atoms with Gasteiger partial charge in [-0.15, -0.1) is 0 Å². The van der Waals surface area contributed by atoms with Crippen LogP contribution >= 0.6 is 0 Å². The van der Waals surface area contributed by atoms with Crippen molar-refractivity contribution in [1.82, 2.24) is 14.9 Å². The van der Waals surface area contributed by atoms with Gasteiger partial charge in [0.05, 0.1) is 18.3 Å². The van der Waals surface area contributed by atoms with E-state index in [1.54, 1.807) is 18.7 Å². The number of benzene rings is 2. The molecule has 0 aliphatic rings. The lowest BCUT2D eigenvalue weighted by atomic mass is 10.2. The van der Waals surface area contributed by atoms with Crippen molar-refractivity contribution in [3.63, 3.8) is 0 Å². The molecule has 1 atom stereocenters. The molecule has 0 fully saturated rings. The maximum atomic E-state index is 13.6. The molecule has 30 heavy (non-hydrogen) atoms. The zero-order valence-electron chi connectivity index (χ0n) is 16.3. The third-order valence-corrected chi connectivity index (χ3v) is 5.69. The summed E-state index contributed by atoms with van der Waals surface area (Å²) in [7, 11) is -3.93. The number of carbonyl (C=O) groups excluding carboxylic acids is 1. The summed E-state index contributed by atoms with van der Waals surface area (Å²) in [5.41, 5.74) is 1.57. The minimum Gasteiger partial charge on any atom is -0.350 e. The van der Waals surface area contributed by atoms with E-state index in [0.29, 0.717) is 0 Å². The molecule has 0 unspecified atom stereocenters. The van der Waals surface area contributed by atoms with Gasteiger partial charge < -0.3 is 9.88 Å². The Bertz CT molecular complexity index is 1130. The molecule has 0 radical (unpaired) electrons. The molecule has 0 bridgehead atoms. The number of hydrogen-bond donors (Lipinski definition) is 1. The topological polar surface area (TPSA) is 84.3 Å². The molecule has 2 aromatic carbocycles. The van der Waals surface area contributed by atoms with Crippen molar-refractivity contribution in [3.05, 3.63) is 78.4 Å². The lowest BCUT2D eigenvalue weighted by Gasteiger charge is -2.28. The Morgan fingerprint density at radius 3 is 2.43 bits per heavy atom. The molecule has 3 rings (SSSR count). The zero-order valence-corrected chi connectivity index (χ0v) is 17.1. The van der Waals surface area contributed by atoms with E-state index in [1.807, 2.05) is 28.8 Å². The number of sulfonamides is 1. The molecule has 1 N–H and O–H groups in total. The molecule has 3 aromatic rings. The fourth-order valence-electron chi connectivity index (χ4n) is 2.97. The Morgan fingerprint density at radius 2 is 1.87 bits per heavy atom. The van der Waals surface area contributed by atoms with E-state index in [-0.39, 0.29) is 12.2 Å². The zero-order chi connectivity index (χ0) is 21.9. The van der Waals surface area contributed by atoms with Gasteiger partial charge in [0, 0.05) is 30.7 Å². The van der Waals surface area contributed by atoms with Gasteiger partial charge in [0.2, 0.25) is 15.9 Å². The number of aromatic nitrogens is 2. The Balaban J connectivity index is 1.71. The van der Waals surface area contributed by atoms with E-state index >= 15 is 0 Å². The number of anilines is 1. The van der Waals surface area contributed by atoms with Crippen molar-refractivity contribution >= 4 is 21.6 Å². The van der Waals surface area contributed by atoms with Gasteiger partial charge >= 0.3 is 0 Å². The fraction of sp³-hybridized carbons (Fsp3) is 0.200. The van der Waals surface area contributed by atoms with E-state index in [4.69, 9.17) is 0 Å². The van der Waals surface area contributed by atoms with Crippen molar-refractivity contribution in [2.24, 2.45) is 0 Å². The van der Waals surface area contributed by atoms with Gasteiger partial charge in [0.25, 0.3) is 0 Å². The van der Waals surface area contributed by atoms with Crippen LogP contribution < -0.4 is 9.62 Å². The van der Waals surface area contributed by atoms with Crippen LogP contribution in [0, 0.1) is 11.6 Å². The van der Waals surface area contributed by atoms with Gasteiger partial charge in [-0.25, -0.2) is 22.2 Å². The summed E-state index contributed by atoms with van der Waals surface area (Å²) in [6.45, 7) is 1.54. The standard InChI is InChI=1S/C20H20F2N4O3S/c1-14(26(30(2,28)29)17-7-8-18(21)19(22)11-17)20(27)24-12-15-3-5-16(6-4-15)25-10-9-23-13-25/h3-11,13-14H,12H2,1-2H3,(H,24,27)/t14-/m1/s1. The van der Waals surface area contributed by atoms with E-state index in [2.05, 4.69) is 10.3 Å². The smallest absolute Gasteiger partial charge is 0.243 e. The normalized spacial score (nSPS) is 12.4. The van der Waals surface area contributed by atoms with Crippen LogP contribution in [-0.2, 0) is 21.4 Å². The first-order valence-corrected chi connectivity index (χ1v) is 10.8. The van der Waals surface area contributed by atoms with Crippen LogP contribution in [0.2, 0.25) is 0 Å². The van der Waals surface area contributed by atoms with Gasteiger partial charge in [-0.1, -0.05) is 12.1 Å². The Labute approximate surface area is 173 Å². The maximum Gasteiger partial charge on any atom is 0.243 e. The van der Waals surface area contributed by atoms with Crippen LogP contribution in [0.1, 0.15) is 12.5 Å². The van der Waals surface area contributed by atoms with Gasteiger partial charge in [0.1, 0.15) is 6.04 Å². The van der Waals surface area contributed by atoms with E-state index in [1.165, 1.54) is 6.92 Å². The number of imidazole rings is 1. The Hall–Kier alpha value is -3.27. The molecule has 158 valence electrons. The first-order chi connectivity index (χ1) is 14.2. The van der Waals surface area contributed by atoms with Gasteiger partial charge in [-0.2, -0.15) is 0 Å². The van der Waals surface area contributed by atoms with Crippen molar-refractivity contribution in [3.8, 4) is 5.69 Å². The van der Waals surface area contributed by atoms with E-state index < -0.39 is 33.6 Å². The predicted octanol–water partition coefficient (Wildman–Crippen LogP) is 2.62. The van der Waals surface area contributed by atoms with Crippen LogP contribution in [0.15, 0.2) is 61.2 Å². The number of amides is 1. The summed E-state index contributed by atoms with van der Waals surface area (Å²) in [6, 6.07) is 8.86. The summed E-state index contributed by atoms with van der Waals surface area (Å²) in [4.78, 5) is 16.6. The van der Waals surface area contributed by atoms with Gasteiger partial charge in [-0.05, 0) is 36.8 Å². The van der Waals surface area contributed by atoms with Crippen LogP contribution in [0.3, 0.4) is 0 Å². The highest BCUT2D eigenvalue weighted by molar-refractivity contribution is 7.92. The summed E-state index contributed by atoms with van der Waals surface area (Å²) in [6.07, 6.45) is 6.02. The molecular formula is C20H20F2N4O3S. The molecule has 0 aliphatic carbocycles. The van der Waals surface area contributed by atoms with E-state index in [9.17, 15) is 22.0 Å². The molecular weight excluding hydrogens is 414 g/mol. The van der Waals surface area contributed by atoms with Crippen LogP contribution in [0.4, 0.5) is 14.5 Å². The number of rotatable bonds is 7. The maximum absolute atomic E-state index is 13.6. The molecule has 0 saturated heterocycles. The third-order valence-electron chi connectivity index (χ3n) is 4.45. The second-order valence-corrected chi connectivity index (χ2v) is 8.55. The molecule has 1 amide bonds. The van der Waals surface area contributed by atoms with Crippen LogP contribution in [0.25, 0.3) is 5.69 Å². The minimum absolute atomic E-state index is 0.135. The van der Waals surface area contributed by atoms with Crippen molar-refractivity contribution in [2.45, 2.75) is 19.5 Å². The summed E-state index contributed by atoms with van der Waals surface area (Å²) in [5.74, 6) is -2.89. The third kappa shape index (κ3) is 4.82. The number of nitrogens with one attached hydrogen (secondary N) is 1. The highest BCUT2D eigenvalue weighted by Crippen LogP contribution is 2.23. The van der Waals surface area contributed by atoms with Gasteiger partial charge in [-0.3, -0.25) is 9.10 Å². The lowest BCUT2D eigenvalue weighted by Crippen LogP contribution is -2.47. The number of hydrogen-bond acceptors (Lipinski definition) is 4. The average Bonchev–Trinajstić information content (AvgIpc) is 3.23. The molecule has 0 aliphatic heterocycles. The second-order valence-electron chi connectivity index (χ2n) is 6.69. The molecule has 10 heteroatoms. The van der Waals surface area contributed by atoms with Gasteiger partial charge in [0.15, 0.2) is 11.6 Å². The number of carbonyl (C=O) groups is 1. The molecule has 7 nitrogen and oxygen atoms in total. The highest BCUT2D eigenvalue weighted by atomic mass is 32.2. The van der Waals surface area contributed by atoms with E-state index in [0.717, 1.165) is 40.0 Å². The summed E-state index contributed by atoms with van der Waals surface area (Å²) in [5, 5.41) is 2.67. The highest BCUT2D eigenvalue weighted by Gasteiger charge is 2.29. The van der Waals surface area contributed by atoms with Crippen molar-refractivity contribution < 1.29 is 22.0 Å². The number of nitrogens with zero attached hydrogens (tertiary/aromatic N) is 3. The molecule has 0 spiro atoms. The minimum atomic E-state index is -3.93. The van der Waals surface area contributed by atoms with Crippen LogP contribution in [0.5, 0.6) is 0 Å². The summed E-state index contributed by atoms with van der Waals surface area (Å²) >= 11 is 0. The first kappa shape index (κ1) is 21.4. The quantitative estimate of drug-likeness (QED) is 0.620. The first-order valence-electron chi connectivity index (χ1n) is 8.96. The molecule has 1 aromatic heterocycles. The lowest BCUT2D eigenvalue weighted by molar-refractivity contribution is -0.122. The monoisotopic (exact) mass is 434 g/mol. The molecule has 0 saturated carbocycles. The summed E-state index contributed by atoms with van der Waals surface area (Å²) < 4.78 is 53.8. The Kier molecular flexibility index (Phi) is 6.16. The Morgan fingerprint density at radius 1 is 1.17 bits per heavy atom. The second kappa shape index (κ2) is 8.62. The van der Waals surface area contributed by atoms with Crippen LogP contribution in [-0.4, -0.2) is 36.2 Å². The molecule has 1 heterocycles. The van der Waals surface area contributed by atoms with Crippen molar-refractivity contribution in [2.75, 3.05) is 10.6 Å². The average molecular weight is 434 g/mol. The van der Waals surface area contributed by atoms with Crippen molar-refractivity contribution in [1.29, 1.82) is 0 Å². The number of halogens is 2. The SMILES string of the molecule is C[C@H](C(=O)NCc1ccc(-n2ccnc2)cc1)N(c1ccc(F)c(F)c1)S(C)(=O)=O. The fourth-order valence-corrected chi connectivity index (χ4v) is 4.13. The predicted molar refractivity (Wildman–Crippen MR) is 109 cm³/mol. The largest absolute Gasteiger partial charge is 0.350 e.